The van der Waals surface area contributed by atoms with Crippen LogP contribution in [0.25, 0.3) is 16.1 Å². The quantitative estimate of drug-likeness (QED) is 0.701. The first-order valence-corrected chi connectivity index (χ1v) is 8.04. The zero-order chi connectivity index (χ0) is 14.5. The highest BCUT2D eigenvalue weighted by Crippen LogP contribution is 2.28. The molecule has 0 saturated carbocycles. The van der Waals surface area contributed by atoms with Crippen LogP contribution in [0.5, 0.6) is 0 Å². The van der Waals surface area contributed by atoms with Crippen LogP contribution in [0.4, 0.5) is 5.69 Å². The van der Waals surface area contributed by atoms with E-state index in [1.165, 1.54) is 11.3 Å². The number of rotatable bonds is 4. The molecule has 2 aromatic heterocycles. The van der Waals surface area contributed by atoms with Crippen molar-refractivity contribution in [1.82, 2.24) is 4.98 Å². The molecule has 0 aliphatic heterocycles. The summed E-state index contributed by atoms with van der Waals surface area (Å²) in [5.41, 5.74) is 2.40. The van der Waals surface area contributed by atoms with E-state index in [2.05, 4.69) is 16.4 Å². The molecule has 0 amide bonds. The van der Waals surface area contributed by atoms with Crippen LogP contribution in [0.1, 0.15) is 5.01 Å². The number of para-hydroxylation sites is 1. The largest absolute Gasteiger partial charge is 0.360 e. The Morgan fingerprint density at radius 3 is 2.71 bits per heavy atom. The van der Waals surface area contributed by atoms with Crippen molar-refractivity contribution in [3.63, 3.8) is 0 Å². The molecule has 1 N–H and O–H groups in total. The molecule has 1 aromatic carbocycles. The van der Waals surface area contributed by atoms with Gasteiger partial charge in [-0.1, -0.05) is 24.3 Å². The third-order valence-corrected chi connectivity index (χ3v) is 4.55. The third kappa shape index (κ3) is 3.19. The summed E-state index contributed by atoms with van der Waals surface area (Å²) in [6.07, 6.45) is 1.70. The maximum absolute atomic E-state index is 9.31. The third-order valence-electron chi connectivity index (χ3n) is 2.79. The Balaban J connectivity index is 1.82. The Labute approximate surface area is 130 Å². The van der Waals surface area contributed by atoms with Gasteiger partial charge in [-0.2, -0.15) is 5.26 Å². The molecule has 102 valence electrons. The summed E-state index contributed by atoms with van der Waals surface area (Å²) in [4.78, 5) is 5.65. The van der Waals surface area contributed by atoms with E-state index in [9.17, 15) is 5.26 Å². The van der Waals surface area contributed by atoms with E-state index in [0.29, 0.717) is 5.57 Å². The molecule has 0 atom stereocenters. The molecule has 3 rings (SSSR count). The molecule has 0 fully saturated rings. The number of benzene rings is 1. The van der Waals surface area contributed by atoms with Crippen LogP contribution in [0.15, 0.2) is 59.4 Å². The molecule has 3 aromatic rings. The first-order chi connectivity index (χ1) is 10.4. The van der Waals surface area contributed by atoms with Crippen LogP contribution in [-0.4, -0.2) is 4.98 Å². The van der Waals surface area contributed by atoms with Crippen molar-refractivity contribution < 1.29 is 0 Å². The van der Waals surface area contributed by atoms with Crippen molar-refractivity contribution >= 4 is 33.9 Å². The minimum absolute atomic E-state index is 0.534. The normalized spacial score (nSPS) is 11.1. The molecule has 0 saturated heterocycles. The van der Waals surface area contributed by atoms with Gasteiger partial charge in [0.05, 0.1) is 10.6 Å². The first-order valence-electron chi connectivity index (χ1n) is 6.28. The fourth-order valence-electron chi connectivity index (χ4n) is 1.77. The summed E-state index contributed by atoms with van der Waals surface area (Å²) in [7, 11) is 0. The lowest BCUT2D eigenvalue weighted by Gasteiger charge is -2.00. The van der Waals surface area contributed by atoms with Crippen molar-refractivity contribution in [2.24, 2.45) is 0 Å². The highest BCUT2D eigenvalue weighted by Gasteiger charge is 2.09. The van der Waals surface area contributed by atoms with E-state index in [0.717, 1.165) is 21.3 Å². The van der Waals surface area contributed by atoms with E-state index in [-0.39, 0.29) is 0 Å². The Morgan fingerprint density at radius 2 is 2.00 bits per heavy atom. The molecule has 5 heteroatoms. The lowest BCUT2D eigenvalue weighted by molar-refractivity contribution is 1.38. The molecule has 2 heterocycles. The molecule has 0 aliphatic rings. The van der Waals surface area contributed by atoms with Gasteiger partial charge in [0.1, 0.15) is 16.6 Å². The van der Waals surface area contributed by atoms with Gasteiger partial charge in [0.25, 0.3) is 0 Å². The summed E-state index contributed by atoms with van der Waals surface area (Å²) >= 11 is 3.13. The molecular formula is C16H11N3S2. The van der Waals surface area contributed by atoms with Gasteiger partial charge in [0.15, 0.2) is 0 Å². The molecule has 0 bridgehead atoms. The number of nitrogens with one attached hydrogen (secondary N) is 1. The average molecular weight is 309 g/mol. The summed E-state index contributed by atoms with van der Waals surface area (Å²) < 4.78 is 0. The fraction of sp³-hybridized carbons (Fsp3) is 0. The Kier molecular flexibility index (Phi) is 4.10. The molecular weight excluding hydrogens is 298 g/mol. The fourth-order valence-corrected chi connectivity index (χ4v) is 3.31. The zero-order valence-electron chi connectivity index (χ0n) is 11.0. The number of thiophene rings is 1. The summed E-state index contributed by atoms with van der Waals surface area (Å²) in [6.45, 7) is 0. The van der Waals surface area contributed by atoms with Crippen LogP contribution in [0.2, 0.25) is 0 Å². The van der Waals surface area contributed by atoms with Gasteiger partial charge in [-0.05, 0) is 23.6 Å². The van der Waals surface area contributed by atoms with E-state index in [1.54, 1.807) is 17.5 Å². The van der Waals surface area contributed by atoms with Gasteiger partial charge in [0, 0.05) is 17.3 Å². The molecule has 3 nitrogen and oxygen atoms in total. The Bertz CT molecular complexity index is 781. The van der Waals surface area contributed by atoms with Gasteiger partial charge in [-0.3, -0.25) is 0 Å². The summed E-state index contributed by atoms with van der Waals surface area (Å²) in [5.74, 6) is 0. The second-order valence-corrected chi connectivity index (χ2v) is 6.00. The number of aromatic nitrogens is 1. The second-order valence-electron chi connectivity index (χ2n) is 4.20. The molecule has 0 aliphatic carbocycles. The number of thiazole rings is 1. The molecule has 0 spiro atoms. The predicted octanol–water partition coefficient (Wildman–Crippen LogP) is 4.85. The van der Waals surface area contributed by atoms with Gasteiger partial charge in [-0.25, -0.2) is 4.98 Å². The minimum atomic E-state index is 0.534. The van der Waals surface area contributed by atoms with Crippen LogP contribution in [-0.2, 0) is 0 Å². The maximum Gasteiger partial charge on any atom is 0.136 e. The van der Waals surface area contributed by atoms with Crippen molar-refractivity contribution in [1.29, 1.82) is 5.26 Å². The van der Waals surface area contributed by atoms with Gasteiger partial charge < -0.3 is 5.32 Å². The maximum atomic E-state index is 9.31. The van der Waals surface area contributed by atoms with Crippen molar-refractivity contribution in [3.8, 4) is 16.6 Å². The smallest absolute Gasteiger partial charge is 0.136 e. The lowest BCUT2D eigenvalue weighted by atomic mass is 10.3. The van der Waals surface area contributed by atoms with Crippen LogP contribution in [0, 0.1) is 11.3 Å². The zero-order valence-corrected chi connectivity index (χ0v) is 12.6. The van der Waals surface area contributed by atoms with E-state index >= 15 is 0 Å². The number of hydrogen-bond acceptors (Lipinski definition) is 5. The monoisotopic (exact) mass is 309 g/mol. The van der Waals surface area contributed by atoms with Gasteiger partial charge in [-0.15, -0.1) is 22.7 Å². The average Bonchev–Trinajstić information content (AvgIpc) is 3.20. The van der Waals surface area contributed by atoms with Crippen molar-refractivity contribution in [2.45, 2.75) is 0 Å². The van der Waals surface area contributed by atoms with Gasteiger partial charge in [0.2, 0.25) is 0 Å². The number of hydrogen-bond donors (Lipinski definition) is 1. The SMILES string of the molecule is N#C/C(=C\Nc1ccccc1)c1nc(-c2cccs2)cs1. The van der Waals surface area contributed by atoms with Crippen LogP contribution < -0.4 is 5.32 Å². The number of anilines is 1. The highest BCUT2D eigenvalue weighted by atomic mass is 32.1. The Hall–Kier alpha value is -2.42. The first kappa shape index (κ1) is 13.6. The topological polar surface area (TPSA) is 48.7 Å². The molecule has 0 radical (unpaired) electrons. The predicted molar refractivity (Wildman–Crippen MR) is 89.1 cm³/mol. The van der Waals surface area contributed by atoms with Crippen LogP contribution in [0.3, 0.4) is 0 Å². The second kappa shape index (κ2) is 6.35. The van der Waals surface area contributed by atoms with E-state index in [4.69, 9.17) is 0 Å². The standard InChI is InChI=1S/C16H11N3S2/c17-9-12(10-18-13-5-2-1-3-6-13)16-19-14(11-21-16)15-7-4-8-20-15/h1-8,10-11,18H/b12-10+. The minimum Gasteiger partial charge on any atom is -0.360 e. The summed E-state index contributed by atoms with van der Waals surface area (Å²) in [6, 6.07) is 16.0. The van der Waals surface area contributed by atoms with E-state index < -0.39 is 0 Å². The highest BCUT2D eigenvalue weighted by molar-refractivity contribution is 7.14. The number of nitriles is 1. The number of allylic oxidation sites excluding steroid dienone is 1. The molecule has 0 unspecified atom stereocenters. The molecule has 21 heavy (non-hydrogen) atoms. The summed E-state index contributed by atoms with van der Waals surface area (Å²) in [5, 5.41) is 17.2. The number of nitrogens with zero attached hydrogens (tertiary/aromatic N) is 2. The Morgan fingerprint density at radius 1 is 1.14 bits per heavy atom. The van der Waals surface area contributed by atoms with Gasteiger partial charge >= 0.3 is 0 Å². The van der Waals surface area contributed by atoms with Crippen molar-refractivity contribution in [3.05, 3.63) is 64.4 Å². The van der Waals surface area contributed by atoms with Crippen molar-refractivity contribution in [2.75, 3.05) is 5.32 Å². The van der Waals surface area contributed by atoms with Crippen LogP contribution >= 0.6 is 22.7 Å². The lowest BCUT2D eigenvalue weighted by Crippen LogP contribution is -1.90. The van der Waals surface area contributed by atoms with E-state index in [1.807, 2.05) is 53.2 Å².